The van der Waals surface area contributed by atoms with Crippen LogP contribution in [0.3, 0.4) is 0 Å². The minimum Gasteiger partial charge on any atom is -0.394 e. The van der Waals surface area contributed by atoms with E-state index >= 15 is 0 Å². The minimum atomic E-state index is -4.27. The fraction of sp³-hybridized carbons (Fsp3) is 1.00. The first-order valence-corrected chi connectivity index (χ1v) is 5.08. The van der Waals surface area contributed by atoms with E-state index in [0.717, 1.165) is 6.42 Å². The van der Waals surface area contributed by atoms with Crippen molar-refractivity contribution in [2.75, 3.05) is 26.4 Å². The van der Waals surface area contributed by atoms with Crippen LogP contribution in [0.15, 0.2) is 0 Å². The van der Waals surface area contributed by atoms with Crippen molar-refractivity contribution in [2.24, 2.45) is 0 Å². The summed E-state index contributed by atoms with van der Waals surface area (Å²) in [5.41, 5.74) is 0. The monoisotopic (exact) mass is 227 g/mol. The van der Waals surface area contributed by atoms with Gasteiger partial charge in [-0.2, -0.15) is 13.2 Å². The number of alkyl halides is 3. The van der Waals surface area contributed by atoms with Crippen LogP contribution in [0.25, 0.3) is 0 Å². The van der Waals surface area contributed by atoms with Gasteiger partial charge in [-0.15, -0.1) is 0 Å². The van der Waals surface area contributed by atoms with Crippen molar-refractivity contribution in [1.29, 1.82) is 0 Å². The lowest BCUT2D eigenvalue weighted by Gasteiger charge is -2.36. The molecule has 0 radical (unpaired) electrons. The summed E-state index contributed by atoms with van der Waals surface area (Å²) in [4.78, 5) is 0.536. The molecule has 1 unspecified atom stereocenters. The van der Waals surface area contributed by atoms with Crippen molar-refractivity contribution in [3.05, 3.63) is 0 Å². The molecular weight excluding hydrogens is 211 g/mol. The summed E-state index contributed by atoms with van der Waals surface area (Å²) < 4.78 is 42.5. The zero-order valence-electron chi connectivity index (χ0n) is 8.46. The van der Waals surface area contributed by atoms with Crippen LogP contribution >= 0.6 is 0 Å². The van der Waals surface area contributed by atoms with E-state index in [4.69, 9.17) is 9.84 Å². The molecule has 1 N–H and O–H groups in total. The Morgan fingerprint density at radius 2 is 2.07 bits per heavy atom. The third-order valence-corrected chi connectivity index (χ3v) is 2.50. The van der Waals surface area contributed by atoms with Gasteiger partial charge in [0.15, 0.2) is 0 Å². The Morgan fingerprint density at radius 3 is 2.67 bits per heavy atom. The number of ether oxygens (including phenoxy) is 1. The summed E-state index contributed by atoms with van der Waals surface area (Å²) in [5.74, 6) is 0. The van der Waals surface area contributed by atoms with Gasteiger partial charge in [-0.25, -0.2) is 4.90 Å². The molecule has 0 spiro atoms. The number of aliphatic hydroxyl groups is 1. The van der Waals surface area contributed by atoms with Gasteiger partial charge in [0.2, 0.25) is 0 Å². The first-order chi connectivity index (χ1) is 7.05. The molecule has 1 aliphatic heterocycles. The highest BCUT2D eigenvalue weighted by atomic mass is 19.4. The average Bonchev–Trinajstić information content (AvgIpc) is 2.17. The summed E-state index contributed by atoms with van der Waals surface area (Å²) in [5, 5.41) is 8.46. The molecule has 0 aromatic rings. The average molecular weight is 227 g/mol. The number of rotatable bonds is 4. The lowest BCUT2D eigenvalue weighted by atomic mass is 10.0. The van der Waals surface area contributed by atoms with E-state index in [1.165, 1.54) is 0 Å². The van der Waals surface area contributed by atoms with E-state index in [2.05, 4.69) is 0 Å². The van der Waals surface area contributed by atoms with Crippen LogP contribution in [0.2, 0.25) is 0 Å². The Morgan fingerprint density at radius 1 is 1.33 bits per heavy atom. The number of halogens is 3. The lowest BCUT2D eigenvalue weighted by molar-refractivity contribution is -0.267. The van der Waals surface area contributed by atoms with Crippen LogP contribution in [-0.4, -0.2) is 48.7 Å². The number of hydrogen-bond acceptors (Lipinski definition) is 3. The summed E-state index contributed by atoms with van der Waals surface area (Å²) in [6.07, 6.45) is -2.38. The normalized spacial score (nSPS) is 24.4. The fourth-order valence-electron chi connectivity index (χ4n) is 1.79. The first-order valence-electron chi connectivity index (χ1n) is 5.08. The molecule has 0 amide bonds. The van der Waals surface area contributed by atoms with Crippen LogP contribution in [-0.2, 0) is 4.74 Å². The molecule has 90 valence electrons. The molecule has 6 heteroatoms. The van der Waals surface area contributed by atoms with Gasteiger partial charge in [0.05, 0.1) is 19.8 Å². The number of hydrogen-bond donors (Lipinski definition) is 1. The number of piperidine rings is 1. The summed E-state index contributed by atoms with van der Waals surface area (Å²) in [6, 6.07) is -0.592. The van der Waals surface area contributed by atoms with E-state index in [-0.39, 0.29) is 26.4 Å². The Labute approximate surface area is 86.8 Å². The van der Waals surface area contributed by atoms with Crippen molar-refractivity contribution in [1.82, 2.24) is 4.90 Å². The van der Waals surface area contributed by atoms with Gasteiger partial charge in [-0.1, -0.05) is 6.42 Å². The number of likely N-dealkylation sites (tertiary alicyclic amines) is 1. The maximum absolute atomic E-state index is 12.5. The maximum atomic E-state index is 12.5. The highest BCUT2D eigenvalue weighted by Gasteiger charge is 2.42. The molecule has 3 nitrogen and oxygen atoms in total. The molecule has 1 atom stereocenters. The Hall–Kier alpha value is -0.330. The Balaban J connectivity index is 2.43. The second kappa shape index (κ2) is 5.67. The SMILES string of the molecule is OCCOCC1CCCCN1C(F)(F)F. The first kappa shape index (κ1) is 12.7. The smallest absolute Gasteiger partial charge is 0.394 e. The van der Waals surface area contributed by atoms with Gasteiger partial charge in [0.1, 0.15) is 0 Å². The molecule has 0 saturated carbocycles. The van der Waals surface area contributed by atoms with Crippen molar-refractivity contribution in [3.8, 4) is 0 Å². The highest BCUT2D eigenvalue weighted by molar-refractivity contribution is 4.78. The van der Waals surface area contributed by atoms with Crippen LogP contribution in [0.5, 0.6) is 0 Å². The lowest BCUT2D eigenvalue weighted by Crippen LogP contribution is -2.50. The largest absolute Gasteiger partial charge is 0.460 e. The molecular formula is C9H16F3NO2. The second-order valence-electron chi connectivity index (χ2n) is 3.61. The van der Waals surface area contributed by atoms with Gasteiger partial charge in [-0.05, 0) is 12.8 Å². The predicted molar refractivity (Wildman–Crippen MR) is 48.3 cm³/mol. The Bertz CT molecular complexity index is 187. The van der Waals surface area contributed by atoms with Crippen LogP contribution in [0.4, 0.5) is 13.2 Å². The highest BCUT2D eigenvalue weighted by Crippen LogP contribution is 2.29. The van der Waals surface area contributed by atoms with Crippen molar-refractivity contribution in [2.45, 2.75) is 31.6 Å². The fourth-order valence-corrected chi connectivity index (χ4v) is 1.79. The molecule has 1 aliphatic rings. The van der Waals surface area contributed by atoms with Gasteiger partial charge >= 0.3 is 6.30 Å². The standard InChI is InChI=1S/C9H16F3NO2/c10-9(11,12)13-4-2-1-3-8(13)7-15-6-5-14/h8,14H,1-7H2. The van der Waals surface area contributed by atoms with E-state index in [1.807, 2.05) is 0 Å². The van der Waals surface area contributed by atoms with Crippen molar-refractivity contribution >= 4 is 0 Å². The zero-order chi connectivity index (χ0) is 11.3. The van der Waals surface area contributed by atoms with Crippen LogP contribution in [0, 0.1) is 0 Å². The number of aliphatic hydroxyl groups excluding tert-OH is 1. The van der Waals surface area contributed by atoms with E-state index in [0.29, 0.717) is 17.7 Å². The molecule has 1 heterocycles. The van der Waals surface area contributed by atoms with Crippen LogP contribution < -0.4 is 0 Å². The molecule has 0 aliphatic carbocycles. The van der Waals surface area contributed by atoms with E-state index in [1.54, 1.807) is 0 Å². The Kier molecular flexibility index (Phi) is 4.82. The van der Waals surface area contributed by atoms with Gasteiger partial charge in [-0.3, -0.25) is 0 Å². The molecule has 0 bridgehead atoms. The van der Waals surface area contributed by atoms with Gasteiger partial charge in [0.25, 0.3) is 0 Å². The summed E-state index contributed by atoms with van der Waals surface area (Å²) in [6.45, 7) is 0.0393. The zero-order valence-corrected chi connectivity index (χ0v) is 8.46. The molecule has 0 aromatic carbocycles. The molecule has 15 heavy (non-hydrogen) atoms. The maximum Gasteiger partial charge on any atom is 0.460 e. The predicted octanol–water partition coefficient (Wildman–Crippen LogP) is 1.37. The van der Waals surface area contributed by atoms with Gasteiger partial charge < -0.3 is 9.84 Å². The minimum absolute atomic E-state index is 0.0417. The van der Waals surface area contributed by atoms with E-state index < -0.39 is 12.3 Å². The molecule has 0 aromatic heterocycles. The van der Waals surface area contributed by atoms with Crippen molar-refractivity contribution < 1.29 is 23.0 Å². The van der Waals surface area contributed by atoms with E-state index in [9.17, 15) is 13.2 Å². The quantitative estimate of drug-likeness (QED) is 0.581. The molecule has 1 saturated heterocycles. The van der Waals surface area contributed by atoms with Crippen LogP contribution in [0.1, 0.15) is 19.3 Å². The third-order valence-electron chi connectivity index (χ3n) is 2.50. The molecule has 1 rings (SSSR count). The third kappa shape index (κ3) is 3.96. The number of nitrogens with zero attached hydrogens (tertiary/aromatic N) is 1. The summed E-state index contributed by atoms with van der Waals surface area (Å²) >= 11 is 0. The topological polar surface area (TPSA) is 32.7 Å². The van der Waals surface area contributed by atoms with Gasteiger partial charge in [0, 0.05) is 12.6 Å². The second-order valence-corrected chi connectivity index (χ2v) is 3.61. The molecule has 1 fully saturated rings. The summed E-state index contributed by atoms with van der Waals surface area (Å²) in [7, 11) is 0. The van der Waals surface area contributed by atoms with Crippen molar-refractivity contribution in [3.63, 3.8) is 0 Å².